The Balaban J connectivity index is 2.17. The molecular weight excluding hydrogens is 214 g/mol. The molecule has 0 bridgehead atoms. The highest BCUT2D eigenvalue weighted by Crippen LogP contribution is 2.39. The fourth-order valence-electron chi connectivity index (χ4n) is 2.82. The second-order valence-corrected chi connectivity index (χ2v) is 4.97. The first-order valence-electron chi connectivity index (χ1n) is 6.13. The van der Waals surface area contributed by atoms with Crippen molar-refractivity contribution in [3.05, 3.63) is 23.9 Å². The van der Waals surface area contributed by atoms with Gasteiger partial charge in [-0.2, -0.15) is 0 Å². The second kappa shape index (κ2) is 3.77. The van der Waals surface area contributed by atoms with Gasteiger partial charge in [0.1, 0.15) is 12.2 Å². The lowest BCUT2D eigenvalue weighted by Gasteiger charge is -2.24. The first-order chi connectivity index (χ1) is 8.25. The van der Waals surface area contributed by atoms with E-state index in [0.717, 1.165) is 30.0 Å². The summed E-state index contributed by atoms with van der Waals surface area (Å²) < 4.78 is 1.99. The van der Waals surface area contributed by atoms with E-state index in [1.165, 1.54) is 12.8 Å². The number of hydrogen-bond donors (Lipinski definition) is 1. The Kier molecular flexibility index (Phi) is 2.36. The third-order valence-corrected chi connectivity index (χ3v) is 3.86. The average molecular weight is 231 g/mol. The highest BCUT2D eigenvalue weighted by atomic mass is 15.3. The third-order valence-electron chi connectivity index (χ3n) is 3.86. The van der Waals surface area contributed by atoms with Crippen LogP contribution in [0.3, 0.4) is 0 Å². The summed E-state index contributed by atoms with van der Waals surface area (Å²) in [6.45, 7) is 2.60. The van der Waals surface area contributed by atoms with Gasteiger partial charge in [-0.05, 0) is 19.8 Å². The highest BCUT2D eigenvalue weighted by Gasteiger charge is 2.38. The van der Waals surface area contributed by atoms with Gasteiger partial charge < -0.3 is 5.73 Å². The average Bonchev–Trinajstić information content (AvgIpc) is 2.94. The molecule has 0 aromatic carbocycles. The van der Waals surface area contributed by atoms with Crippen molar-refractivity contribution in [3.8, 4) is 0 Å². The van der Waals surface area contributed by atoms with Crippen molar-refractivity contribution in [1.29, 1.82) is 0 Å². The third kappa shape index (κ3) is 1.53. The molecule has 1 saturated carbocycles. The fraction of sp³-hybridized carbons (Fsp3) is 0.583. The number of fused-ring (bicyclic) bond motifs is 1. The number of nitrogens with zero attached hydrogens (tertiary/aromatic N) is 4. The molecule has 0 saturated heterocycles. The molecule has 2 aromatic rings. The Labute approximate surface area is 100 Å². The molecule has 90 valence electrons. The zero-order valence-electron chi connectivity index (χ0n) is 10.1. The molecule has 2 N–H and O–H groups in total. The quantitative estimate of drug-likeness (QED) is 0.843. The molecule has 0 spiro atoms. The first kappa shape index (κ1) is 10.7. The predicted octanol–water partition coefficient (Wildman–Crippen LogP) is 1.20. The molecule has 2 aromatic heterocycles. The van der Waals surface area contributed by atoms with E-state index in [0.29, 0.717) is 6.54 Å². The van der Waals surface area contributed by atoms with E-state index >= 15 is 0 Å². The van der Waals surface area contributed by atoms with Crippen molar-refractivity contribution in [2.45, 2.75) is 38.0 Å². The van der Waals surface area contributed by atoms with Crippen molar-refractivity contribution in [2.75, 3.05) is 6.54 Å². The lowest BCUT2D eigenvalue weighted by Crippen LogP contribution is -2.34. The van der Waals surface area contributed by atoms with Gasteiger partial charge in [0.15, 0.2) is 5.65 Å². The van der Waals surface area contributed by atoms with Crippen molar-refractivity contribution < 1.29 is 0 Å². The molecule has 5 nitrogen and oxygen atoms in total. The maximum absolute atomic E-state index is 5.98. The molecule has 1 aliphatic carbocycles. The Morgan fingerprint density at radius 2 is 2.12 bits per heavy atom. The van der Waals surface area contributed by atoms with Gasteiger partial charge in [-0.15, -0.1) is 10.2 Å². The molecule has 1 fully saturated rings. The maximum atomic E-state index is 5.98. The maximum Gasteiger partial charge on any atom is 0.163 e. The molecule has 3 rings (SSSR count). The number of aromatic nitrogens is 4. The van der Waals surface area contributed by atoms with Gasteiger partial charge in [-0.25, -0.2) is 4.98 Å². The van der Waals surface area contributed by atoms with E-state index in [1.807, 2.05) is 23.7 Å². The van der Waals surface area contributed by atoms with Crippen LogP contribution in [0.1, 0.15) is 37.2 Å². The van der Waals surface area contributed by atoms with Crippen LogP contribution in [0, 0.1) is 6.92 Å². The minimum atomic E-state index is 0.0103. The smallest absolute Gasteiger partial charge is 0.163 e. The van der Waals surface area contributed by atoms with Crippen molar-refractivity contribution in [3.63, 3.8) is 0 Å². The largest absolute Gasteiger partial charge is 0.329 e. The Morgan fingerprint density at radius 3 is 2.82 bits per heavy atom. The van der Waals surface area contributed by atoms with E-state index < -0.39 is 0 Å². The number of rotatable bonds is 2. The van der Waals surface area contributed by atoms with Gasteiger partial charge in [-0.3, -0.25) is 4.40 Å². The summed E-state index contributed by atoms with van der Waals surface area (Å²) >= 11 is 0. The molecule has 17 heavy (non-hydrogen) atoms. The predicted molar refractivity (Wildman–Crippen MR) is 64.7 cm³/mol. The lowest BCUT2D eigenvalue weighted by molar-refractivity contribution is 0.420. The molecule has 1 aliphatic rings. The zero-order chi connectivity index (χ0) is 11.9. The molecule has 0 aliphatic heterocycles. The molecule has 0 atom stereocenters. The lowest BCUT2D eigenvalue weighted by atomic mass is 9.85. The first-order valence-corrected chi connectivity index (χ1v) is 6.13. The van der Waals surface area contributed by atoms with Gasteiger partial charge in [0, 0.05) is 23.7 Å². The van der Waals surface area contributed by atoms with Crippen LogP contribution in [0.25, 0.3) is 5.65 Å². The van der Waals surface area contributed by atoms with Crippen LogP contribution in [-0.4, -0.2) is 26.1 Å². The molecular formula is C12H17N5. The molecule has 0 radical (unpaired) electrons. The molecule has 0 amide bonds. The van der Waals surface area contributed by atoms with E-state index in [4.69, 9.17) is 5.73 Å². The number of hydrogen-bond acceptors (Lipinski definition) is 4. The van der Waals surface area contributed by atoms with E-state index in [2.05, 4.69) is 15.2 Å². The minimum absolute atomic E-state index is 0.0103. The molecule has 5 heteroatoms. The minimum Gasteiger partial charge on any atom is -0.329 e. The standard InChI is InChI=1S/C12H17N5/c1-9-6-10-15-16-11(17(10)8-14-9)12(7-13)4-2-3-5-12/h6,8H,2-5,7,13H2,1H3. The van der Waals surface area contributed by atoms with E-state index in [-0.39, 0.29) is 5.41 Å². The van der Waals surface area contributed by atoms with Crippen LogP contribution in [0.5, 0.6) is 0 Å². The molecule has 2 heterocycles. The topological polar surface area (TPSA) is 69.1 Å². The summed E-state index contributed by atoms with van der Waals surface area (Å²) in [4.78, 5) is 4.32. The van der Waals surface area contributed by atoms with Gasteiger partial charge in [-0.1, -0.05) is 12.8 Å². The van der Waals surface area contributed by atoms with Crippen molar-refractivity contribution in [1.82, 2.24) is 19.6 Å². The summed E-state index contributed by atoms with van der Waals surface area (Å²) in [5, 5.41) is 8.59. The highest BCUT2D eigenvalue weighted by molar-refractivity contribution is 5.39. The monoisotopic (exact) mass is 231 g/mol. The van der Waals surface area contributed by atoms with Crippen LogP contribution in [0.4, 0.5) is 0 Å². The Morgan fingerprint density at radius 1 is 1.35 bits per heavy atom. The summed E-state index contributed by atoms with van der Waals surface area (Å²) in [5.41, 5.74) is 7.82. The van der Waals surface area contributed by atoms with E-state index in [1.54, 1.807) is 0 Å². The van der Waals surface area contributed by atoms with Crippen LogP contribution in [0.15, 0.2) is 12.4 Å². The van der Waals surface area contributed by atoms with Crippen molar-refractivity contribution in [2.24, 2.45) is 5.73 Å². The SMILES string of the molecule is Cc1cc2nnc(C3(CN)CCCC3)n2cn1. The van der Waals surface area contributed by atoms with Crippen LogP contribution >= 0.6 is 0 Å². The summed E-state index contributed by atoms with van der Waals surface area (Å²) in [5.74, 6) is 0.986. The second-order valence-electron chi connectivity index (χ2n) is 4.97. The van der Waals surface area contributed by atoms with Crippen molar-refractivity contribution >= 4 is 5.65 Å². The molecule has 0 unspecified atom stereocenters. The van der Waals surface area contributed by atoms with Crippen LogP contribution in [0.2, 0.25) is 0 Å². The summed E-state index contributed by atoms with van der Waals surface area (Å²) in [6, 6.07) is 1.95. The summed E-state index contributed by atoms with van der Waals surface area (Å²) in [6.07, 6.45) is 6.49. The van der Waals surface area contributed by atoms with Gasteiger partial charge in [0.2, 0.25) is 0 Å². The van der Waals surface area contributed by atoms with Gasteiger partial charge in [0.25, 0.3) is 0 Å². The van der Waals surface area contributed by atoms with Crippen LogP contribution < -0.4 is 5.73 Å². The zero-order valence-corrected chi connectivity index (χ0v) is 10.1. The number of nitrogens with two attached hydrogens (primary N) is 1. The normalized spacial score (nSPS) is 18.9. The van der Waals surface area contributed by atoms with Gasteiger partial charge >= 0.3 is 0 Å². The Hall–Kier alpha value is -1.49. The summed E-state index contributed by atoms with van der Waals surface area (Å²) in [7, 11) is 0. The Bertz CT molecular complexity index is 539. The van der Waals surface area contributed by atoms with Crippen LogP contribution in [-0.2, 0) is 5.41 Å². The van der Waals surface area contributed by atoms with E-state index in [9.17, 15) is 0 Å². The van der Waals surface area contributed by atoms with Gasteiger partial charge in [0.05, 0.1) is 0 Å². The fourth-order valence-corrected chi connectivity index (χ4v) is 2.82. The number of aryl methyl sites for hydroxylation is 1.